The minimum absolute atomic E-state index is 0. The summed E-state index contributed by atoms with van der Waals surface area (Å²) in [4.78, 5) is 0. The quantitative estimate of drug-likeness (QED) is 0.165. The van der Waals surface area contributed by atoms with Crippen molar-refractivity contribution in [3.8, 4) is 11.5 Å². The third-order valence-corrected chi connectivity index (χ3v) is 8.08. The first-order chi connectivity index (χ1) is 16.7. The third kappa shape index (κ3) is 10.0. The molecule has 0 aliphatic rings. The second-order valence-electron chi connectivity index (χ2n) is 8.00. The molecule has 0 heterocycles. The molecule has 2 nitrogen and oxygen atoms in total. The Morgan fingerprint density at radius 1 is 0.600 bits per heavy atom. The third-order valence-electron chi connectivity index (χ3n) is 5.01. The van der Waals surface area contributed by atoms with Crippen molar-refractivity contribution < 1.29 is 9.47 Å². The lowest BCUT2D eigenvalue weighted by molar-refractivity contribution is 0.00423. The van der Waals surface area contributed by atoms with E-state index in [9.17, 15) is 0 Å². The highest BCUT2D eigenvalue weighted by Crippen LogP contribution is 2.38. The fourth-order valence-electron chi connectivity index (χ4n) is 3.50. The fraction of sp³-hybridized carbons (Fsp3) is 0.200. The van der Waals surface area contributed by atoms with Gasteiger partial charge in [0.15, 0.2) is 0 Å². The van der Waals surface area contributed by atoms with Crippen LogP contribution < -0.4 is 20.1 Å². The summed E-state index contributed by atoms with van der Waals surface area (Å²) >= 11 is 0. The Morgan fingerprint density at radius 2 is 0.943 bits per heavy atom. The number of hydrogen-bond donors (Lipinski definition) is 0. The molecule has 0 bridgehead atoms. The lowest BCUT2D eigenvalue weighted by atomic mass is 10.3. The summed E-state index contributed by atoms with van der Waals surface area (Å²) in [6.45, 7) is 4.62. The Hall–Kier alpha value is -2.37. The number of hydrogen-bond acceptors (Lipinski definition) is 2. The number of halogens is 1. The minimum Gasteiger partial charge on any atom is -0.455 e. The molecule has 0 saturated heterocycles. The summed E-state index contributed by atoms with van der Waals surface area (Å²) in [5, 5.41) is 2.94. The van der Waals surface area contributed by atoms with Crippen LogP contribution in [0.4, 0.5) is 0 Å². The zero-order valence-corrected chi connectivity index (χ0v) is 23.2. The van der Waals surface area contributed by atoms with Gasteiger partial charge < -0.3 is 9.47 Å². The predicted molar refractivity (Wildman–Crippen MR) is 159 cm³/mol. The molecule has 1 atom stereocenters. The molecule has 0 aromatic heterocycles. The number of para-hydroxylation sites is 2. The van der Waals surface area contributed by atoms with E-state index in [2.05, 4.69) is 83.8 Å². The molecule has 0 saturated carbocycles. The molecule has 4 aromatic carbocycles. The Bertz CT molecular complexity index is 968. The standard InChI is InChI=1S/C15H17O2P.C15H17P.ClH/c18-12-11-15(16-13-7-3-1-4-8-13)17-14-9-5-2-6-10-14;1-13(2)16(14-9-5-3-6-10-14)15-11-7-4-8-12-15;/h1-10,15H,11-12,18H2;3-13H,1-2H3;1H. The van der Waals surface area contributed by atoms with Crippen LogP contribution in [-0.4, -0.2) is 18.1 Å². The molecule has 35 heavy (non-hydrogen) atoms. The van der Waals surface area contributed by atoms with Crippen LogP contribution in [0.5, 0.6) is 11.5 Å². The number of ether oxygens (including phenoxy) is 2. The van der Waals surface area contributed by atoms with Crippen LogP contribution >= 0.6 is 29.6 Å². The van der Waals surface area contributed by atoms with Crippen LogP contribution in [-0.2, 0) is 0 Å². The SMILES string of the molecule is CC(C)P(c1ccccc1)c1ccccc1.Cl.PCCC(Oc1ccccc1)Oc1ccccc1. The average Bonchev–Trinajstić information content (AvgIpc) is 2.87. The molecule has 184 valence electrons. The van der Waals surface area contributed by atoms with E-state index >= 15 is 0 Å². The van der Waals surface area contributed by atoms with Crippen molar-refractivity contribution >= 4 is 40.2 Å². The van der Waals surface area contributed by atoms with Crippen molar-refractivity contribution in [3.05, 3.63) is 121 Å². The van der Waals surface area contributed by atoms with Crippen LogP contribution in [0.15, 0.2) is 121 Å². The number of benzene rings is 4. The van der Waals surface area contributed by atoms with Crippen LogP contribution in [0.2, 0.25) is 0 Å². The van der Waals surface area contributed by atoms with E-state index in [1.165, 1.54) is 10.6 Å². The van der Waals surface area contributed by atoms with E-state index in [-0.39, 0.29) is 26.6 Å². The molecule has 0 amide bonds. The maximum atomic E-state index is 5.82. The van der Waals surface area contributed by atoms with Gasteiger partial charge in [0, 0.05) is 6.42 Å². The molecule has 4 rings (SSSR count). The summed E-state index contributed by atoms with van der Waals surface area (Å²) in [7, 11) is 2.49. The second kappa shape index (κ2) is 16.3. The van der Waals surface area contributed by atoms with Gasteiger partial charge in [-0.3, -0.25) is 0 Å². The summed E-state index contributed by atoms with van der Waals surface area (Å²) in [5.74, 6) is 1.66. The summed E-state index contributed by atoms with van der Waals surface area (Å²) in [6, 6.07) is 41.2. The van der Waals surface area contributed by atoms with Crippen molar-refractivity contribution in [2.24, 2.45) is 0 Å². The molecular formula is C30H35ClO2P2. The van der Waals surface area contributed by atoms with Crippen LogP contribution in [0, 0.1) is 0 Å². The largest absolute Gasteiger partial charge is 0.455 e. The maximum absolute atomic E-state index is 5.82. The van der Waals surface area contributed by atoms with Gasteiger partial charge in [0.25, 0.3) is 0 Å². The fourth-order valence-corrected chi connectivity index (χ4v) is 6.25. The van der Waals surface area contributed by atoms with Crippen LogP contribution in [0.25, 0.3) is 0 Å². The molecule has 4 aromatic rings. The van der Waals surface area contributed by atoms with Gasteiger partial charge in [-0.05, 0) is 54.6 Å². The van der Waals surface area contributed by atoms with Crippen molar-refractivity contribution in [2.45, 2.75) is 32.2 Å². The van der Waals surface area contributed by atoms with Crippen molar-refractivity contribution in [3.63, 3.8) is 0 Å². The number of rotatable bonds is 9. The first kappa shape index (κ1) is 28.9. The van der Waals surface area contributed by atoms with E-state index in [1.807, 2.05) is 60.7 Å². The highest BCUT2D eigenvalue weighted by molar-refractivity contribution is 7.73. The van der Waals surface area contributed by atoms with E-state index in [4.69, 9.17) is 9.47 Å². The van der Waals surface area contributed by atoms with E-state index in [1.54, 1.807) is 0 Å². The highest BCUT2D eigenvalue weighted by Gasteiger charge is 2.16. The topological polar surface area (TPSA) is 18.5 Å². The van der Waals surface area contributed by atoms with Crippen molar-refractivity contribution in [1.29, 1.82) is 0 Å². The molecule has 0 fully saturated rings. The lowest BCUT2D eigenvalue weighted by Crippen LogP contribution is -2.24. The predicted octanol–water partition coefficient (Wildman–Crippen LogP) is 7.69. The normalized spacial score (nSPS) is 10.3. The summed E-state index contributed by atoms with van der Waals surface area (Å²) < 4.78 is 11.6. The molecule has 1 unspecified atom stereocenters. The van der Waals surface area contributed by atoms with Gasteiger partial charge in [-0.2, -0.15) is 0 Å². The van der Waals surface area contributed by atoms with Crippen LogP contribution in [0.3, 0.4) is 0 Å². The zero-order chi connectivity index (χ0) is 24.0. The van der Waals surface area contributed by atoms with E-state index in [0.29, 0.717) is 5.66 Å². The van der Waals surface area contributed by atoms with Gasteiger partial charge in [-0.25, -0.2) is 0 Å². The Morgan fingerprint density at radius 3 is 1.26 bits per heavy atom. The molecule has 0 radical (unpaired) electrons. The lowest BCUT2D eigenvalue weighted by Gasteiger charge is -2.22. The van der Waals surface area contributed by atoms with Gasteiger partial charge in [0.1, 0.15) is 11.5 Å². The average molecular weight is 525 g/mol. The van der Waals surface area contributed by atoms with Crippen molar-refractivity contribution in [2.75, 3.05) is 6.16 Å². The maximum Gasteiger partial charge on any atom is 0.241 e. The Balaban J connectivity index is 0.000000241. The Labute approximate surface area is 220 Å². The highest BCUT2D eigenvalue weighted by atomic mass is 35.5. The van der Waals surface area contributed by atoms with Gasteiger partial charge in [-0.1, -0.05) is 111 Å². The summed E-state index contributed by atoms with van der Waals surface area (Å²) in [6.07, 6.45) is 1.51. The zero-order valence-electron chi connectivity index (χ0n) is 20.4. The molecule has 5 heteroatoms. The molecular weight excluding hydrogens is 490 g/mol. The smallest absolute Gasteiger partial charge is 0.241 e. The second-order valence-corrected chi connectivity index (χ2v) is 11.4. The van der Waals surface area contributed by atoms with Gasteiger partial charge >= 0.3 is 0 Å². The molecule has 0 N–H and O–H groups in total. The van der Waals surface area contributed by atoms with E-state index < -0.39 is 0 Å². The van der Waals surface area contributed by atoms with Gasteiger partial charge in [0.2, 0.25) is 6.29 Å². The summed E-state index contributed by atoms with van der Waals surface area (Å²) in [5.41, 5.74) is 0.680. The molecule has 0 spiro atoms. The minimum atomic E-state index is -0.257. The molecule has 0 aliphatic carbocycles. The van der Waals surface area contributed by atoms with Gasteiger partial charge in [-0.15, -0.1) is 21.6 Å². The Kier molecular flexibility index (Phi) is 13.5. The van der Waals surface area contributed by atoms with E-state index in [0.717, 1.165) is 24.1 Å². The van der Waals surface area contributed by atoms with Crippen LogP contribution in [0.1, 0.15) is 20.3 Å². The monoisotopic (exact) mass is 524 g/mol. The van der Waals surface area contributed by atoms with Crippen molar-refractivity contribution in [1.82, 2.24) is 0 Å². The van der Waals surface area contributed by atoms with Gasteiger partial charge in [0.05, 0.1) is 0 Å². The molecule has 0 aliphatic heterocycles. The first-order valence-electron chi connectivity index (χ1n) is 11.7. The first-order valence-corrected chi connectivity index (χ1v) is 13.9.